The van der Waals surface area contributed by atoms with Gasteiger partial charge in [-0.15, -0.1) is 0 Å². The summed E-state index contributed by atoms with van der Waals surface area (Å²) in [5.74, 6) is 0. The van der Waals surface area contributed by atoms with E-state index in [1.165, 1.54) is 0 Å². The lowest BCUT2D eigenvalue weighted by atomic mass is 10.1. The molecule has 6 aromatic carbocycles. The first kappa shape index (κ1) is 24.0. The van der Waals surface area contributed by atoms with E-state index in [1.54, 1.807) is 0 Å². The van der Waals surface area contributed by atoms with E-state index in [1.807, 2.05) is 30.5 Å². The minimum atomic E-state index is 0.862. The number of fused-ring (bicyclic) bond motifs is 14. The molecular weight excluding hydrogens is 566 g/mol. The molecule has 0 aliphatic rings. The van der Waals surface area contributed by atoms with Gasteiger partial charge in [0.15, 0.2) is 0 Å². The van der Waals surface area contributed by atoms with Crippen LogP contribution in [-0.4, -0.2) is 14.1 Å². The van der Waals surface area contributed by atoms with Crippen LogP contribution in [0.25, 0.3) is 99.0 Å². The van der Waals surface area contributed by atoms with Crippen LogP contribution < -0.4 is 0 Å². The SMILES string of the molecule is c1ccc(-n2c3cccnc3c3c4oc5c(ccc6c5c5ccccc5n6-c5ccc6oc7ccccc7c6c5)c4ccc32)cc1. The molecule has 46 heavy (non-hydrogen) atoms. The maximum absolute atomic E-state index is 7.03. The molecule has 0 spiro atoms. The lowest BCUT2D eigenvalue weighted by Crippen LogP contribution is -1.93. The van der Waals surface area contributed by atoms with Crippen molar-refractivity contribution >= 4 is 87.6 Å². The highest BCUT2D eigenvalue weighted by atomic mass is 16.3. The zero-order valence-electron chi connectivity index (χ0n) is 24.4. The minimum absolute atomic E-state index is 0.862. The largest absolute Gasteiger partial charge is 0.456 e. The topological polar surface area (TPSA) is 49.0 Å². The number of furan rings is 2. The van der Waals surface area contributed by atoms with Crippen LogP contribution in [-0.2, 0) is 0 Å². The Morgan fingerprint density at radius 3 is 1.96 bits per heavy atom. The molecule has 5 nitrogen and oxygen atoms in total. The lowest BCUT2D eigenvalue weighted by Gasteiger charge is -2.08. The second-order valence-electron chi connectivity index (χ2n) is 11.9. The monoisotopic (exact) mass is 589 g/mol. The van der Waals surface area contributed by atoms with Crippen molar-refractivity contribution in [2.45, 2.75) is 0 Å². The standard InChI is InChI=1S/C41H23N3O2/c1-2-9-24(10-3-1)43-33-20-18-28-27-17-19-32-37(40(27)46-41(28)38(33)39-34(43)14-8-22-42-39)29-12-4-6-13-31(29)44(32)25-16-21-36-30(23-25)26-11-5-7-15-35(26)45-36/h1-23H. The van der Waals surface area contributed by atoms with E-state index in [0.29, 0.717) is 0 Å². The molecule has 0 saturated carbocycles. The Kier molecular flexibility index (Phi) is 4.52. The van der Waals surface area contributed by atoms with Gasteiger partial charge in [-0.3, -0.25) is 4.98 Å². The Morgan fingerprint density at radius 2 is 1.09 bits per heavy atom. The summed E-state index contributed by atoms with van der Waals surface area (Å²) in [6.07, 6.45) is 1.87. The van der Waals surface area contributed by atoms with Crippen LogP contribution in [0.1, 0.15) is 0 Å². The summed E-state index contributed by atoms with van der Waals surface area (Å²) < 4.78 is 17.8. The van der Waals surface area contributed by atoms with Gasteiger partial charge in [-0.05, 0) is 78.9 Å². The number of aromatic nitrogens is 3. The molecule has 11 aromatic rings. The Labute approximate surface area is 261 Å². The van der Waals surface area contributed by atoms with Gasteiger partial charge in [0.2, 0.25) is 0 Å². The number of pyridine rings is 1. The highest BCUT2D eigenvalue weighted by Gasteiger charge is 2.23. The van der Waals surface area contributed by atoms with Crippen molar-refractivity contribution in [3.05, 3.63) is 140 Å². The number of para-hydroxylation sites is 3. The van der Waals surface area contributed by atoms with E-state index in [2.05, 4.69) is 118 Å². The van der Waals surface area contributed by atoms with Gasteiger partial charge < -0.3 is 18.0 Å². The van der Waals surface area contributed by atoms with Gasteiger partial charge >= 0.3 is 0 Å². The van der Waals surface area contributed by atoms with Crippen molar-refractivity contribution in [3.63, 3.8) is 0 Å². The molecule has 0 bridgehead atoms. The van der Waals surface area contributed by atoms with Gasteiger partial charge in [0.1, 0.15) is 27.8 Å². The molecule has 5 heterocycles. The Balaban J connectivity index is 1.26. The molecule has 0 N–H and O–H groups in total. The van der Waals surface area contributed by atoms with Crippen molar-refractivity contribution in [1.82, 2.24) is 14.1 Å². The van der Waals surface area contributed by atoms with Crippen molar-refractivity contribution in [2.24, 2.45) is 0 Å². The molecule has 0 aliphatic carbocycles. The van der Waals surface area contributed by atoms with Crippen molar-refractivity contribution in [2.75, 3.05) is 0 Å². The zero-order valence-corrected chi connectivity index (χ0v) is 24.4. The van der Waals surface area contributed by atoms with Crippen LogP contribution >= 0.6 is 0 Å². The fourth-order valence-corrected chi connectivity index (χ4v) is 7.64. The average Bonchev–Trinajstić information content (AvgIpc) is 3.85. The summed E-state index contributed by atoms with van der Waals surface area (Å²) in [7, 11) is 0. The number of rotatable bonds is 2. The summed E-state index contributed by atoms with van der Waals surface area (Å²) in [6, 6.07) is 46.7. The summed E-state index contributed by atoms with van der Waals surface area (Å²) in [6.45, 7) is 0. The molecule has 5 aromatic heterocycles. The van der Waals surface area contributed by atoms with Gasteiger partial charge in [-0.2, -0.15) is 0 Å². The van der Waals surface area contributed by atoms with Gasteiger partial charge in [-0.1, -0.05) is 54.6 Å². The first-order valence-corrected chi connectivity index (χ1v) is 15.5. The summed E-state index contributed by atoms with van der Waals surface area (Å²) in [5.41, 5.74) is 11.0. The van der Waals surface area contributed by atoms with E-state index >= 15 is 0 Å². The highest BCUT2D eigenvalue weighted by molar-refractivity contribution is 6.28. The van der Waals surface area contributed by atoms with Crippen LogP contribution in [0.4, 0.5) is 0 Å². The molecule has 214 valence electrons. The number of benzene rings is 6. The smallest absolute Gasteiger partial charge is 0.147 e. The molecular formula is C41H23N3O2. The first-order chi connectivity index (χ1) is 22.8. The van der Waals surface area contributed by atoms with Crippen LogP contribution in [0.5, 0.6) is 0 Å². The lowest BCUT2D eigenvalue weighted by molar-refractivity contribution is 0.669. The quantitative estimate of drug-likeness (QED) is 0.202. The van der Waals surface area contributed by atoms with Crippen molar-refractivity contribution < 1.29 is 8.83 Å². The number of hydrogen-bond donors (Lipinski definition) is 0. The van der Waals surface area contributed by atoms with Gasteiger partial charge in [0.25, 0.3) is 0 Å². The normalized spacial score (nSPS) is 12.3. The maximum Gasteiger partial charge on any atom is 0.147 e. The Bertz CT molecular complexity index is 3030. The summed E-state index contributed by atoms with van der Waals surface area (Å²) >= 11 is 0. The molecule has 0 saturated heterocycles. The first-order valence-electron chi connectivity index (χ1n) is 15.5. The van der Waals surface area contributed by atoms with Crippen LogP contribution in [0.2, 0.25) is 0 Å². The van der Waals surface area contributed by atoms with Crippen LogP contribution in [0.15, 0.2) is 148 Å². The van der Waals surface area contributed by atoms with Gasteiger partial charge in [0, 0.05) is 44.5 Å². The minimum Gasteiger partial charge on any atom is -0.456 e. The molecule has 0 unspecified atom stereocenters. The van der Waals surface area contributed by atoms with E-state index in [0.717, 1.165) is 99.0 Å². The van der Waals surface area contributed by atoms with Crippen LogP contribution in [0.3, 0.4) is 0 Å². The van der Waals surface area contributed by atoms with Crippen LogP contribution in [0, 0.1) is 0 Å². The molecule has 0 radical (unpaired) electrons. The fourth-order valence-electron chi connectivity index (χ4n) is 7.64. The zero-order chi connectivity index (χ0) is 29.9. The molecule has 0 atom stereocenters. The molecule has 5 heteroatoms. The third-order valence-electron chi connectivity index (χ3n) is 9.56. The third-order valence-corrected chi connectivity index (χ3v) is 9.56. The van der Waals surface area contributed by atoms with E-state index in [9.17, 15) is 0 Å². The summed E-state index contributed by atoms with van der Waals surface area (Å²) in [4.78, 5) is 4.88. The average molecular weight is 590 g/mol. The molecule has 0 aliphatic heterocycles. The van der Waals surface area contributed by atoms with Gasteiger partial charge in [0.05, 0.1) is 32.8 Å². The number of hydrogen-bond acceptors (Lipinski definition) is 3. The van der Waals surface area contributed by atoms with E-state index < -0.39 is 0 Å². The van der Waals surface area contributed by atoms with Crippen molar-refractivity contribution in [3.8, 4) is 11.4 Å². The predicted molar refractivity (Wildman–Crippen MR) is 187 cm³/mol. The highest BCUT2D eigenvalue weighted by Crippen LogP contribution is 2.44. The molecule has 0 amide bonds. The maximum atomic E-state index is 7.03. The fraction of sp³-hybridized carbons (Fsp3) is 0. The summed E-state index contributed by atoms with van der Waals surface area (Å²) in [5, 5.41) is 7.70. The Hall–Kier alpha value is -6.33. The van der Waals surface area contributed by atoms with Crippen molar-refractivity contribution in [1.29, 1.82) is 0 Å². The van der Waals surface area contributed by atoms with E-state index in [-0.39, 0.29) is 0 Å². The van der Waals surface area contributed by atoms with E-state index in [4.69, 9.17) is 13.8 Å². The third kappa shape index (κ3) is 3.01. The number of nitrogens with zero attached hydrogens (tertiary/aromatic N) is 3. The second kappa shape index (κ2) is 8.65. The predicted octanol–water partition coefficient (Wildman–Crippen LogP) is 11.1. The van der Waals surface area contributed by atoms with Gasteiger partial charge in [-0.25, -0.2) is 0 Å². The molecule has 0 fully saturated rings. The second-order valence-corrected chi connectivity index (χ2v) is 11.9. The molecule has 11 rings (SSSR count). The Morgan fingerprint density at radius 1 is 0.413 bits per heavy atom.